The zero-order chi connectivity index (χ0) is 16.4. The van der Waals surface area contributed by atoms with E-state index in [0.29, 0.717) is 12.5 Å². The topological polar surface area (TPSA) is 79.2 Å². The largest absolute Gasteiger partial charge is 0.340 e. The quantitative estimate of drug-likeness (QED) is 0.805. The standard InChI is InChI=1S/C16H21N7O/c24-16(22-8-7-21-6-5-17-10-15(21)11-22)9-13-1-3-14(4-2-13)23-12-18-19-20-23/h1-4,12,15,17H,5-11H2. The highest BCUT2D eigenvalue weighted by molar-refractivity contribution is 5.79. The molecule has 1 unspecified atom stereocenters. The van der Waals surface area contributed by atoms with Gasteiger partial charge < -0.3 is 10.2 Å². The highest BCUT2D eigenvalue weighted by Gasteiger charge is 2.30. The van der Waals surface area contributed by atoms with Crippen LogP contribution in [0.5, 0.6) is 0 Å². The van der Waals surface area contributed by atoms with Crippen LogP contribution in [0.1, 0.15) is 5.56 Å². The summed E-state index contributed by atoms with van der Waals surface area (Å²) in [6.45, 7) is 5.76. The molecule has 0 spiro atoms. The number of hydrogen-bond donors (Lipinski definition) is 1. The SMILES string of the molecule is O=C(Cc1ccc(-n2cnnn2)cc1)N1CCN2CCNCC2C1. The number of carbonyl (C=O) groups is 1. The predicted molar refractivity (Wildman–Crippen MR) is 87.7 cm³/mol. The maximum Gasteiger partial charge on any atom is 0.227 e. The molecule has 0 bridgehead atoms. The van der Waals surface area contributed by atoms with Crippen LogP contribution in [0.3, 0.4) is 0 Å². The van der Waals surface area contributed by atoms with Crippen LogP contribution >= 0.6 is 0 Å². The molecule has 2 aliphatic rings. The summed E-state index contributed by atoms with van der Waals surface area (Å²) in [5.41, 5.74) is 1.90. The van der Waals surface area contributed by atoms with Crippen molar-refractivity contribution in [2.75, 3.05) is 39.3 Å². The molecule has 8 heteroatoms. The molecule has 0 saturated carbocycles. The van der Waals surface area contributed by atoms with Crippen LogP contribution in [0.4, 0.5) is 0 Å². The lowest BCUT2D eigenvalue weighted by atomic mass is 10.1. The highest BCUT2D eigenvalue weighted by Crippen LogP contribution is 2.14. The van der Waals surface area contributed by atoms with Crippen LogP contribution in [-0.4, -0.2) is 81.2 Å². The molecule has 3 heterocycles. The van der Waals surface area contributed by atoms with Crippen molar-refractivity contribution in [3.63, 3.8) is 0 Å². The van der Waals surface area contributed by atoms with Gasteiger partial charge in [0.1, 0.15) is 6.33 Å². The molecule has 1 atom stereocenters. The van der Waals surface area contributed by atoms with Gasteiger partial charge in [-0.3, -0.25) is 9.69 Å². The van der Waals surface area contributed by atoms with Gasteiger partial charge in [0.2, 0.25) is 5.91 Å². The van der Waals surface area contributed by atoms with Gasteiger partial charge in [-0.15, -0.1) is 5.10 Å². The van der Waals surface area contributed by atoms with Crippen LogP contribution in [0, 0.1) is 0 Å². The Labute approximate surface area is 140 Å². The van der Waals surface area contributed by atoms with E-state index in [4.69, 9.17) is 0 Å². The molecule has 1 aromatic carbocycles. The lowest BCUT2D eigenvalue weighted by molar-refractivity contribution is -0.133. The van der Waals surface area contributed by atoms with E-state index in [1.807, 2.05) is 29.2 Å². The van der Waals surface area contributed by atoms with Crippen molar-refractivity contribution in [3.8, 4) is 5.69 Å². The molecule has 0 aliphatic carbocycles. The Morgan fingerprint density at radius 2 is 2.08 bits per heavy atom. The Morgan fingerprint density at radius 1 is 1.21 bits per heavy atom. The van der Waals surface area contributed by atoms with Gasteiger partial charge >= 0.3 is 0 Å². The van der Waals surface area contributed by atoms with Crippen LogP contribution in [0.2, 0.25) is 0 Å². The smallest absolute Gasteiger partial charge is 0.227 e. The molecular weight excluding hydrogens is 306 g/mol. The molecule has 1 amide bonds. The van der Waals surface area contributed by atoms with Crippen molar-refractivity contribution in [2.24, 2.45) is 0 Å². The maximum atomic E-state index is 12.6. The Hall–Kier alpha value is -2.32. The number of carbonyl (C=O) groups excluding carboxylic acids is 1. The third-order valence-electron chi connectivity index (χ3n) is 4.82. The fraction of sp³-hybridized carbons (Fsp3) is 0.500. The van der Waals surface area contributed by atoms with E-state index < -0.39 is 0 Å². The van der Waals surface area contributed by atoms with E-state index in [9.17, 15) is 4.79 Å². The summed E-state index contributed by atoms with van der Waals surface area (Å²) < 4.78 is 1.60. The normalized spacial score (nSPS) is 21.5. The van der Waals surface area contributed by atoms with Crippen LogP contribution < -0.4 is 5.32 Å². The third-order valence-corrected chi connectivity index (χ3v) is 4.82. The van der Waals surface area contributed by atoms with Crippen LogP contribution in [0.25, 0.3) is 5.69 Å². The summed E-state index contributed by atoms with van der Waals surface area (Å²) in [7, 11) is 0. The average molecular weight is 327 g/mol. The lowest BCUT2D eigenvalue weighted by Crippen LogP contribution is -2.62. The number of nitrogens with one attached hydrogen (secondary N) is 1. The van der Waals surface area contributed by atoms with E-state index in [1.54, 1.807) is 11.0 Å². The molecule has 1 N–H and O–H groups in total. The maximum absolute atomic E-state index is 12.6. The average Bonchev–Trinajstić information content (AvgIpc) is 3.16. The Kier molecular flexibility index (Phi) is 4.22. The van der Waals surface area contributed by atoms with Gasteiger partial charge in [-0.05, 0) is 28.1 Å². The van der Waals surface area contributed by atoms with Gasteiger partial charge in [0.25, 0.3) is 0 Å². The van der Waals surface area contributed by atoms with Crippen molar-refractivity contribution in [2.45, 2.75) is 12.5 Å². The van der Waals surface area contributed by atoms with Crippen LogP contribution in [-0.2, 0) is 11.2 Å². The van der Waals surface area contributed by atoms with E-state index >= 15 is 0 Å². The van der Waals surface area contributed by atoms with E-state index in [2.05, 4.69) is 25.7 Å². The first-order valence-electron chi connectivity index (χ1n) is 8.34. The molecule has 8 nitrogen and oxygen atoms in total. The van der Waals surface area contributed by atoms with Gasteiger partial charge in [-0.2, -0.15) is 0 Å². The molecular formula is C16H21N7O. The number of piperazine rings is 2. The molecule has 126 valence electrons. The van der Waals surface area contributed by atoms with Crippen LogP contribution in [0.15, 0.2) is 30.6 Å². The molecule has 2 saturated heterocycles. The number of benzene rings is 1. The molecule has 24 heavy (non-hydrogen) atoms. The molecule has 2 aliphatic heterocycles. The number of aromatic nitrogens is 4. The summed E-state index contributed by atoms with van der Waals surface area (Å²) in [6.07, 6.45) is 1.99. The number of rotatable bonds is 3. The second-order valence-electron chi connectivity index (χ2n) is 6.33. The zero-order valence-electron chi connectivity index (χ0n) is 13.5. The van der Waals surface area contributed by atoms with Gasteiger partial charge in [0.15, 0.2) is 0 Å². The molecule has 4 rings (SSSR count). The fourth-order valence-electron chi connectivity index (χ4n) is 3.43. The minimum Gasteiger partial charge on any atom is -0.340 e. The number of tetrazole rings is 1. The highest BCUT2D eigenvalue weighted by atomic mass is 16.2. The lowest BCUT2D eigenvalue weighted by Gasteiger charge is -2.44. The van der Waals surface area contributed by atoms with E-state index in [0.717, 1.165) is 50.5 Å². The summed E-state index contributed by atoms with van der Waals surface area (Å²) in [4.78, 5) is 17.1. The second-order valence-corrected chi connectivity index (χ2v) is 6.33. The number of nitrogens with zero attached hydrogens (tertiary/aromatic N) is 6. The summed E-state index contributed by atoms with van der Waals surface area (Å²) >= 11 is 0. The molecule has 1 aromatic heterocycles. The Balaban J connectivity index is 1.37. The molecule has 0 radical (unpaired) electrons. The van der Waals surface area contributed by atoms with Crippen molar-refractivity contribution in [1.82, 2.24) is 35.3 Å². The van der Waals surface area contributed by atoms with Gasteiger partial charge in [-0.25, -0.2) is 4.68 Å². The first kappa shape index (κ1) is 15.2. The Bertz CT molecular complexity index is 685. The van der Waals surface area contributed by atoms with Gasteiger partial charge in [0.05, 0.1) is 12.1 Å². The first-order valence-corrected chi connectivity index (χ1v) is 8.34. The number of fused-ring (bicyclic) bond motifs is 1. The van der Waals surface area contributed by atoms with Crippen molar-refractivity contribution in [3.05, 3.63) is 36.2 Å². The molecule has 2 fully saturated rings. The number of amides is 1. The van der Waals surface area contributed by atoms with Crippen molar-refractivity contribution < 1.29 is 4.79 Å². The predicted octanol–water partition coefficient (Wildman–Crippen LogP) is -0.679. The van der Waals surface area contributed by atoms with Gasteiger partial charge in [-0.1, -0.05) is 12.1 Å². The summed E-state index contributed by atoms with van der Waals surface area (Å²) in [5, 5.41) is 14.5. The third kappa shape index (κ3) is 3.15. The van der Waals surface area contributed by atoms with Crippen molar-refractivity contribution >= 4 is 5.91 Å². The van der Waals surface area contributed by atoms with Gasteiger partial charge in [0, 0.05) is 45.3 Å². The first-order chi connectivity index (χ1) is 11.8. The van der Waals surface area contributed by atoms with Crippen molar-refractivity contribution in [1.29, 1.82) is 0 Å². The zero-order valence-corrected chi connectivity index (χ0v) is 13.5. The minimum absolute atomic E-state index is 0.204. The molecule has 2 aromatic rings. The Morgan fingerprint density at radius 3 is 2.88 bits per heavy atom. The minimum atomic E-state index is 0.204. The monoisotopic (exact) mass is 327 g/mol. The summed E-state index contributed by atoms with van der Waals surface area (Å²) in [5.74, 6) is 0.204. The summed E-state index contributed by atoms with van der Waals surface area (Å²) in [6, 6.07) is 8.25. The fourth-order valence-corrected chi connectivity index (χ4v) is 3.43. The second kappa shape index (κ2) is 6.66. The van der Waals surface area contributed by atoms with E-state index in [1.165, 1.54) is 0 Å². The number of hydrogen-bond acceptors (Lipinski definition) is 6. The van der Waals surface area contributed by atoms with E-state index in [-0.39, 0.29) is 5.91 Å².